The Hall–Kier alpha value is -2.13. The molecule has 0 unspecified atom stereocenters. The summed E-state index contributed by atoms with van der Waals surface area (Å²) in [7, 11) is 0. The van der Waals surface area contributed by atoms with Gasteiger partial charge in [-0.1, -0.05) is 36.4 Å². The second-order valence-electron chi connectivity index (χ2n) is 3.49. The molecule has 0 fully saturated rings. The van der Waals surface area contributed by atoms with E-state index in [4.69, 9.17) is 0 Å². The van der Waals surface area contributed by atoms with Gasteiger partial charge in [-0.05, 0) is 29.8 Å². The van der Waals surface area contributed by atoms with E-state index in [-0.39, 0.29) is 0 Å². The van der Waals surface area contributed by atoms with Gasteiger partial charge in [0.1, 0.15) is 0 Å². The minimum atomic E-state index is 0.392. The van der Waals surface area contributed by atoms with E-state index in [2.05, 4.69) is 29.0 Å². The second kappa shape index (κ2) is 6.57. The topological polar surface area (TPSA) is 26.3 Å². The lowest BCUT2D eigenvalue weighted by Crippen LogP contribution is -1.70. The van der Waals surface area contributed by atoms with Crippen molar-refractivity contribution in [2.24, 2.45) is 0 Å². The van der Waals surface area contributed by atoms with Gasteiger partial charge in [-0.15, -0.1) is 11.3 Å². The van der Waals surface area contributed by atoms with E-state index in [1.54, 1.807) is 17.4 Å². The number of hydrogen-bond acceptors (Lipinski definition) is 3. The average molecular weight is 256 g/mol. The van der Waals surface area contributed by atoms with Crippen molar-refractivity contribution in [2.45, 2.75) is 0 Å². The molecule has 3 heteroatoms. The van der Waals surface area contributed by atoms with Gasteiger partial charge in [-0.25, -0.2) is 0 Å². The molecule has 0 aliphatic heterocycles. The first kappa shape index (κ1) is 12.3. The normalized spacial score (nSPS) is 11.1. The molecule has 0 atom stereocenters. The van der Waals surface area contributed by atoms with Crippen LogP contribution in [0.25, 0.3) is 16.5 Å². The van der Waals surface area contributed by atoms with Crippen LogP contribution >= 0.6 is 11.3 Å². The van der Waals surface area contributed by atoms with Gasteiger partial charge in [0.2, 0.25) is 0 Å². The van der Waals surface area contributed by atoms with E-state index in [0.717, 1.165) is 4.88 Å². The monoisotopic (exact) mass is 256 g/mol. The molecule has 0 radical (unpaired) electrons. The summed E-state index contributed by atoms with van der Waals surface area (Å²) in [5.41, 5.74) is 1.22. The Kier molecular flexibility index (Phi) is 4.50. The van der Waals surface area contributed by atoms with E-state index in [1.807, 2.05) is 30.4 Å². The van der Waals surface area contributed by atoms with Crippen LogP contribution in [0.15, 0.2) is 60.9 Å². The SMILES string of the molecule is O=CO/C=C\C=C\c1ccc(-c2ccccc2)s1. The van der Waals surface area contributed by atoms with Crippen molar-refractivity contribution in [1.29, 1.82) is 0 Å². The van der Waals surface area contributed by atoms with E-state index in [1.165, 1.54) is 16.7 Å². The molecule has 0 bridgehead atoms. The Balaban J connectivity index is 2.05. The standard InChI is InChI=1S/C15H12O2S/c16-12-17-11-5-4-8-14-9-10-15(18-14)13-6-2-1-3-7-13/h1-12H/b8-4+,11-5-. The van der Waals surface area contributed by atoms with Crippen LogP contribution in [0.4, 0.5) is 0 Å². The largest absolute Gasteiger partial charge is 0.437 e. The number of carbonyl (C=O) groups excluding carboxylic acids is 1. The van der Waals surface area contributed by atoms with Gasteiger partial charge in [-0.2, -0.15) is 0 Å². The summed E-state index contributed by atoms with van der Waals surface area (Å²) in [4.78, 5) is 12.3. The van der Waals surface area contributed by atoms with Crippen LogP contribution in [0.1, 0.15) is 4.88 Å². The van der Waals surface area contributed by atoms with Crippen LogP contribution in [-0.4, -0.2) is 6.47 Å². The number of thiophene rings is 1. The van der Waals surface area contributed by atoms with Gasteiger partial charge in [-0.3, -0.25) is 4.79 Å². The molecule has 2 aromatic rings. The molecule has 0 saturated heterocycles. The van der Waals surface area contributed by atoms with Crippen molar-refractivity contribution in [3.05, 3.63) is 65.8 Å². The third-order valence-corrected chi connectivity index (χ3v) is 3.37. The lowest BCUT2D eigenvalue weighted by atomic mass is 10.2. The Morgan fingerprint density at radius 1 is 1.00 bits per heavy atom. The minimum Gasteiger partial charge on any atom is -0.437 e. The Bertz CT molecular complexity index is 553. The first-order valence-electron chi connectivity index (χ1n) is 5.48. The lowest BCUT2D eigenvalue weighted by Gasteiger charge is -1.94. The molecule has 0 N–H and O–H groups in total. The maximum atomic E-state index is 9.90. The number of allylic oxidation sites excluding steroid dienone is 2. The van der Waals surface area contributed by atoms with E-state index < -0.39 is 0 Å². The molecule has 0 amide bonds. The van der Waals surface area contributed by atoms with Crippen molar-refractivity contribution in [1.82, 2.24) is 0 Å². The average Bonchev–Trinajstić information content (AvgIpc) is 2.88. The molecule has 18 heavy (non-hydrogen) atoms. The summed E-state index contributed by atoms with van der Waals surface area (Å²) in [6.07, 6.45) is 6.83. The fourth-order valence-corrected chi connectivity index (χ4v) is 2.40. The highest BCUT2D eigenvalue weighted by Crippen LogP contribution is 2.28. The maximum absolute atomic E-state index is 9.90. The molecule has 0 aliphatic carbocycles. The molecule has 2 nitrogen and oxygen atoms in total. The highest BCUT2D eigenvalue weighted by atomic mass is 32.1. The molecule has 1 aromatic heterocycles. The molecular weight excluding hydrogens is 244 g/mol. The second-order valence-corrected chi connectivity index (χ2v) is 4.60. The molecule has 0 aliphatic rings. The summed E-state index contributed by atoms with van der Waals surface area (Å²) in [6.45, 7) is 0.392. The smallest absolute Gasteiger partial charge is 0.297 e. The minimum absolute atomic E-state index is 0.392. The summed E-state index contributed by atoms with van der Waals surface area (Å²) >= 11 is 1.72. The van der Waals surface area contributed by atoms with Crippen molar-refractivity contribution in [3.63, 3.8) is 0 Å². The van der Waals surface area contributed by atoms with Crippen LogP contribution in [0.5, 0.6) is 0 Å². The molecule has 0 spiro atoms. The van der Waals surface area contributed by atoms with Gasteiger partial charge in [0.25, 0.3) is 6.47 Å². The lowest BCUT2D eigenvalue weighted by molar-refractivity contribution is -0.123. The maximum Gasteiger partial charge on any atom is 0.297 e. The summed E-state index contributed by atoms with van der Waals surface area (Å²) in [5, 5.41) is 0. The number of benzene rings is 1. The predicted octanol–water partition coefficient (Wildman–Crippen LogP) is 4.12. The highest BCUT2D eigenvalue weighted by molar-refractivity contribution is 7.16. The Morgan fingerprint density at radius 3 is 2.61 bits per heavy atom. The van der Waals surface area contributed by atoms with Crippen LogP contribution < -0.4 is 0 Å². The van der Waals surface area contributed by atoms with Crippen molar-refractivity contribution in [2.75, 3.05) is 0 Å². The third-order valence-electron chi connectivity index (χ3n) is 2.27. The molecule has 1 heterocycles. The molecule has 1 aromatic carbocycles. The van der Waals surface area contributed by atoms with E-state index in [0.29, 0.717) is 6.47 Å². The summed E-state index contributed by atoms with van der Waals surface area (Å²) in [5.74, 6) is 0. The van der Waals surface area contributed by atoms with Gasteiger partial charge in [0.15, 0.2) is 0 Å². The van der Waals surface area contributed by atoms with Crippen molar-refractivity contribution < 1.29 is 9.53 Å². The highest BCUT2D eigenvalue weighted by Gasteiger charge is 1.99. The first-order chi connectivity index (χ1) is 8.90. The summed E-state index contributed by atoms with van der Waals surface area (Å²) in [6, 6.07) is 14.4. The fraction of sp³-hybridized carbons (Fsp3) is 0. The van der Waals surface area contributed by atoms with Gasteiger partial charge in [0.05, 0.1) is 6.26 Å². The quantitative estimate of drug-likeness (QED) is 0.457. The van der Waals surface area contributed by atoms with Crippen LogP contribution in [0, 0.1) is 0 Å². The number of rotatable bonds is 5. The van der Waals surface area contributed by atoms with E-state index in [9.17, 15) is 4.79 Å². The van der Waals surface area contributed by atoms with Crippen molar-refractivity contribution in [3.8, 4) is 10.4 Å². The zero-order valence-electron chi connectivity index (χ0n) is 9.65. The molecule has 0 saturated carbocycles. The third kappa shape index (κ3) is 3.43. The van der Waals surface area contributed by atoms with Gasteiger partial charge < -0.3 is 4.74 Å². The van der Waals surface area contributed by atoms with Crippen LogP contribution in [0.3, 0.4) is 0 Å². The van der Waals surface area contributed by atoms with Crippen molar-refractivity contribution >= 4 is 23.9 Å². The fourth-order valence-electron chi connectivity index (χ4n) is 1.47. The zero-order chi connectivity index (χ0) is 12.6. The van der Waals surface area contributed by atoms with Gasteiger partial charge >= 0.3 is 0 Å². The predicted molar refractivity (Wildman–Crippen MR) is 75.1 cm³/mol. The van der Waals surface area contributed by atoms with Crippen LogP contribution in [-0.2, 0) is 9.53 Å². The van der Waals surface area contributed by atoms with Crippen LogP contribution in [0.2, 0.25) is 0 Å². The zero-order valence-corrected chi connectivity index (χ0v) is 10.5. The molecular formula is C15H12O2S. The number of ether oxygens (including phenoxy) is 1. The number of hydrogen-bond donors (Lipinski definition) is 0. The first-order valence-corrected chi connectivity index (χ1v) is 6.29. The summed E-state index contributed by atoms with van der Waals surface area (Å²) < 4.78 is 4.44. The Morgan fingerprint density at radius 2 is 1.83 bits per heavy atom. The Labute approximate surface area is 110 Å². The molecule has 2 rings (SSSR count). The van der Waals surface area contributed by atoms with Gasteiger partial charge in [0, 0.05) is 9.75 Å². The molecule has 90 valence electrons. The number of carbonyl (C=O) groups is 1. The van der Waals surface area contributed by atoms with E-state index >= 15 is 0 Å².